The van der Waals surface area contributed by atoms with Crippen LogP contribution in [0.2, 0.25) is 0 Å². The number of hydrogen-bond donors (Lipinski definition) is 1. The number of likely N-dealkylation sites (N-methyl/N-ethyl adjacent to an activating group) is 1. The average Bonchev–Trinajstić information content (AvgIpc) is 2.84. The Morgan fingerprint density at radius 3 is 2.42 bits per heavy atom. The number of aromatic amines is 1. The second kappa shape index (κ2) is 8.40. The Labute approximate surface area is 192 Å². The topological polar surface area (TPSA) is 93.8 Å². The van der Waals surface area contributed by atoms with E-state index < -0.39 is 10.0 Å². The van der Waals surface area contributed by atoms with E-state index in [0.29, 0.717) is 30.5 Å². The number of sulfonamides is 1. The van der Waals surface area contributed by atoms with E-state index >= 15 is 0 Å². The molecule has 5 rings (SSSR count). The van der Waals surface area contributed by atoms with Gasteiger partial charge in [-0.1, -0.05) is 24.3 Å². The highest BCUT2D eigenvalue weighted by Gasteiger charge is 2.31. The van der Waals surface area contributed by atoms with Crippen LogP contribution in [0.25, 0.3) is 10.8 Å². The van der Waals surface area contributed by atoms with Crippen molar-refractivity contribution in [3.63, 3.8) is 0 Å². The number of H-pyrrole nitrogens is 1. The molecule has 172 valence electrons. The van der Waals surface area contributed by atoms with Crippen LogP contribution < -0.4 is 5.56 Å². The lowest BCUT2D eigenvalue weighted by Gasteiger charge is -2.32. The standard InChI is InChI=1S/C24H26N4O4S/c1-26-11-13-27(14-12-26)24(30)17-5-4-6-18(15-17)33(31,32)28-10-9-22-21(16-28)19-7-2-3-8-20(19)23(29)25-22/h2-8,15H,9-14,16H2,1H3,(H,25,29). The summed E-state index contributed by atoms with van der Waals surface area (Å²) in [4.78, 5) is 32.3. The van der Waals surface area contributed by atoms with Gasteiger partial charge >= 0.3 is 0 Å². The van der Waals surface area contributed by atoms with E-state index in [2.05, 4.69) is 9.88 Å². The van der Waals surface area contributed by atoms with Crippen molar-refractivity contribution in [2.75, 3.05) is 39.8 Å². The van der Waals surface area contributed by atoms with Gasteiger partial charge in [0, 0.05) is 62.3 Å². The summed E-state index contributed by atoms with van der Waals surface area (Å²) in [5, 5.41) is 1.32. The van der Waals surface area contributed by atoms with Gasteiger partial charge in [0.15, 0.2) is 0 Å². The summed E-state index contributed by atoms with van der Waals surface area (Å²) >= 11 is 0. The van der Waals surface area contributed by atoms with E-state index in [-0.39, 0.29) is 29.5 Å². The van der Waals surface area contributed by atoms with Crippen LogP contribution in [-0.4, -0.2) is 73.2 Å². The minimum Gasteiger partial charge on any atom is -0.336 e. The number of benzene rings is 2. The average molecular weight is 467 g/mol. The highest BCUT2D eigenvalue weighted by molar-refractivity contribution is 7.89. The zero-order valence-corrected chi connectivity index (χ0v) is 19.3. The van der Waals surface area contributed by atoms with Crippen LogP contribution in [0, 0.1) is 0 Å². The smallest absolute Gasteiger partial charge is 0.256 e. The lowest BCUT2D eigenvalue weighted by molar-refractivity contribution is 0.0664. The van der Waals surface area contributed by atoms with Crippen molar-refractivity contribution < 1.29 is 13.2 Å². The fourth-order valence-electron chi connectivity index (χ4n) is 4.61. The van der Waals surface area contributed by atoms with Gasteiger partial charge in [-0.3, -0.25) is 9.59 Å². The molecule has 1 fully saturated rings. The van der Waals surface area contributed by atoms with Crippen LogP contribution in [0.3, 0.4) is 0 Å². The fraction of sp³-hybridized carbons (Fsp3) is 0.333. The molecule has 1 amide bonds. The number of nitrogens with zero attached hydrogens (tertiary/aromatic N) is 3. The third kappa shape index (κ3) is 3.96. The maximum Gasteiger partial charge on any atom is 0.256 e. The molecule has 8 nitrogen and oxygen atoms in total. The molecule has 2 aliphatic heterocycles. The Hall–Kier alpha value is -3.01. The zero-order valence-electron chi connectivity index (χ0n) is 18.5. The van der Waals surface area contributed by atoms with Crippen molar-refractivity contribution in [1.29, 1.82) is 0 Å². The molecule has 0 bridgehead atoms. The zero-order chi connectivity index (χ0) is 23.2. The molecule has 3 aromatic rings. The van der Waals surface area contributed by atoms with E-state index in [4.69, 9.17) is 0 Å². The van der Waals surface area contributed by atoms with Crippen LogP contribution in [0.1, 0.15) is 21.6 Å². The Kier molecular flexibility index (Phi) is 5.55. The summed E-state index contributed by atoms with van der Waals surface area (Å²) in [6.07, 6.45) is 0.425. The van der Waals surface area contributed by atoms with Gasteiger partial charge in [0.25, 0.3) is 11.5 Å². The highest BCUT2D eigenvalue weighted by atomic mass is 32.2. The third-order valence-corrected chi connectivity index (χ3v) is 8.42. The molecule has 1 aromatic heterocycles. The van der Waals surface area contributed by atoms with E-state index in [1.54, 1.807) is 29.2 Å². The first kappa shape index (κ1) is 21.8. The van der Waals surface area contributed by atoms with E-state index in [1.807, 2.05) is 19.2 Å². The molecule has 0 spiro atoms. The van der Waals surface area contributed by atoms with Crippen molar-refractivity contribution in [1.82, 2.24) is 19.1 Å². The molecular formula is C24H26N4O4S. The monoisotopic (exact) mass is 466 g/mol. The highest BCUT2D eigenvalue weighted by Crippen LogP contribution is 2.28. The van der Waals surface area contributed by atoms with Gasteiger partial charge in [-0.25, -0.2) is 8.42 Å². The van der Waals surface area contributed by atoms with Gasteiger partial charge in [0.1, 0.15) is 0 Å². The Morgan fingerprint density at radius 1 is 0.939 bits per heavy atom. The molecule has 1 N–H and O–H groups in total. The van der Waals surface area contributed by atoms with Crippen LogP contribution in [0.4, 0.5) is 0 Å². The molecular weight excluding hydrogens is 440 g/mol. The third-order valence-electron chi connectivity index (χ3n) is 6.58. The summed E-state index contributed by atoms with van der Waals surface area (Å²) in [7, 11) is -1.80. The summed E-state index contributed by atoms with van der Waals surface area (Å²) < 4.78 is 28.5. The van der Waals surface area contributed by atoms with Gasteiger partial charge < -0.3 is 14.8 Å². The molecule has 2 aromatic carbocycles. The number of carbonyl (C=O) groups is 1. The SMILES string of the molecule is CN1CCN(C(=O)c2cccc(S(=O)(=O)N3CCc4[nH]c(=O)c5ccccc5c4C3)c2)CC1. The molecule has 0 unspecified atom stereocenters. The van der Waals surface area contributed by atoms with Gasteiger partial charge in [-0.15, -0.1) is 0 Å². The quantitative estimate of drug-likeness (QED) is 0.634. The van der Waals surface area contributed by atoms with Crippen molar-refractivity contribution >= 4 is 26.7 Å². The molecule has 0 saturated carbocycles. The Morgan fingerprint density at radius 2 is 1.67 bits per heavy atom. The number of carbonyl (C=O) groups excluding carboxylic acids is 1. The van der Waals surface area contributed by atoms with Crippen LogP contribution in [0.5, 0.6) is 0 Å². The number of amides is 1. The number of pyridine rings is 1. The predicted octanol–water partition coefficient (Wildman–Crippen LogP) is 1.66. The number of hydrogen-bond acceptors (Lipinski definition) is 5. The fourth-order valence-corrected chi connectivity index (χ4v) is 6.06. The number of nitrogens with one attached hydrogen (secondary N) is 1. The first-order valence-electron chi connectivity index (χ1n) is 11.1. The number of fused-ring (bicyclic) bond motifs is 3. The van der Waals surface area contributed by atoms with Crippen LogP contribution in [-0.2, 0) is 23.0 Å². The van der Waals surface area contributed by atoms with Crippen molar-refractivity contribution in [2.24, 2.45) is 0 Å². The van der Waals surface area contributed by atoms with Gasteiger partial charge in [-0.05, 0) is 42.3 Å². The lowest BCUT2D eigenvalue weighted by Crippen LogP contribution is -2.47. The number of piperazine rings is 1. The maximum absolute atomic E-state index is 13.5. The maximum atomic E-state index is 13.5. The lowest BCUT2D eigenvalue weighted by atomic mass is 10.0. The molecule has 0 radical (unpaired) electrons. The van der Waals surface area contributed by atoms with Crippen LogP contribution in [0.15, 0.2) is 58.2 Å². The van der Waals surface area contributed by atoms with Crippen molar-refractivity contribution in [3.05, 3.63) is 75.7 Å². The predicted molar refractivity (Wildman–Crippen MR) is 126 cm³/mol. The molecule has 33 heavy (non-hydrogen) atoms. The molecule has 1 saturated heterocycles. The minimum atomic E-state index is -3.82. The first-order chi connectivity index (χ1) is 15.8. The Bertz CT molecular complexity index is 1390. The van der Waals surface area contributed by atoms with Gasteiger partial charge in [0.05, 0.1) is 4.90 Å². The largest absolute Gasteiger partial charge is 0.336 e. The summed E-state index contributed by atoms with van der Waals surface area (Å²) in [5.41, 5.74) is 1.83. The second-order valence-corrected chi connectivity index (χ2v) is 10.6. The summed E-state index contributed by atoms with van der Waals surface area (Å²) in [6, 6.07) is 13.6. The van der Waals surface area contributed by atoms with E-state index in [9.17, 15) is 18.0 Å². The molecule has 0 atom stereocenters. The van der Waals surface area contributed by atoms with Crippen LogP contribution >= 0.6 is 0 Å². The molecule has 2 aliphatic rings. The Balaban J connectivity index is 1.44. The van der Waals surface area contributed by atoms with Gasteiger partial charge in [0.2, 0.25) is 10.0 Å². The normalized spacial score (nSPS) is 17.8. The second-order valence-electron chi connectivity index (χ2n) is 8.67. The number of rotatable bonds is 3. The molecule has 9 heteroatoms. The van der Waals surface area contributed by atoms with E-state index in [1.165, 1.54) is 16.4 Å². The van der Waals surface area contributed by atoms with E-state index in [0.717, 1.165) is 29.7 Å². The number of aromatic nitrogens is 1. The van der Waals surface area contributed by atoms with Gasteiger partial charge in [-0.2, -0.15) is 4.31 Å². The first-order valence-corrected chi connectivity index (χ1v) is 12.5. The summed E-state index contributed by atoms with van der Waals surface area (Å²) in [6.45, 7) is 3.28. The van der Waals surface area contributed by atoms with Crippen molar-refractivity contribution in [2.45, 2.75) is 17.9 Å². The minimum absolute atomic E-state index is 0.111. The van der Waals surface area contributed by atoms with Crippen molar-refractivity contribution in [3.8, 4) is 0 Å². The molecule has 0 aliphatic carbocycles. The summed E-state index contributed by atoms with van der Waals surface area (Å²) in [5.74, 6) is -0.146. The molecule has 3 heterocycles.